The molecule has 0 aliphatic heterocycles. The first kappa shape index (κ1) is 8.21. The molecular weight excluding hydrogens is 154 g/mol. The molecule has 0 aliphatic rings. The Morgan fingerprint density at radius 3 is 3.00 bits per heavy atom. The van der Waals surface area contributed by atoms with Crippen molar-refractivity contribution in [2.45, 2.75) is 13.8 Å². The van der Waals surface area contributed by atoms with Crippen molar-refractivity contribution < 1.29 is 0 Å². The van der Waals surface area contributed by atoms with Crippen molar-refractivity contribution in [3.05, 3.63) is 34.9 Å². The van der Waals surface area contributed by atoms with Gasteiger partial charge in [-0.15, -0.1) is 0 Å². The zero-order chi connectivity index (χ0) is 8.10. The molecule has 0 spiro atoms. The third-order valence-corrected chi connectivity index (χ3v) is 1.95. The lowest BCUT2D eigenvalue weighted by molar-refractivity contribution is 1.54. The third-order valence-electron chi connectivity index (χ3n) is 1.26. The highest BCUT2D eigenvalue weighted by molar-refractivity contribution is 7.06. The second-order valence-corrected chi connectivity index (χ2v) is 3.17. The predicted octanol–water partition coefficient (Wildman–Crippen LogP) is 3.12. The lowest BCUT2D eigenvalue weighted by Gasteiger charge is -1.87. The van der Waals surface area contributed by atoms with E-state index >= 15 is 0 Å². The van der Waals surface area contributed by atoms with Gasteiger partial charge in [0.1, 0.15) is 0 Å². The van der Waals surface area contributed by atoms with Crippen LogP contribution in [0.2, 0.25) is 0 Å². The summed E-state index contributed by atoms with van der Waals surface area (Å²) in [6.07, 6.45) is 8.06. The van der Waals surface area contributed by atoms with Gasteiger partial charge in [0.2, 0.25) is 0 Å². The van der Waals surface area contributed by atoms with Crippen LogP contribution in [0, 0.1) is 0 Å². The number of allylic oxidation sites excluding steroid dienone is 3. The fraction of sp³-hybridized carbons (Fsp3) is 0.222. The van der Waals surface area contributed by atoms with Crippen molar-refractivity contribution in [2.75, 3.05) is 0 Å². The van der Waals surface area contributed by atoms with Crippen molar-refractivity contribution in [2.24, 2.45) is 0 Å². The smallest absolute Gasteiger partial charge is 0.0480 e. The molecule has 1 aromatic heterocycles. The van der Waals surface area contributed by atoms with Crippen LogP contribution in [0.15, 0.2) is 30.0 Å². The van der Waals surface area contributed by atoms with E-state index in [2.05, 4.69) is 23.4 Å². The molecule has 0 aromatic carbocycles. The number of rotatable bonds is 2. The molecule has 0 amide bonds. The van der Waals surface area contributed by atoms with Crippen molar-refractivity contribution in [1.82, 2.24) is 4.37 Å². The summed E-state index contributed by atoms with van der Waals surface area (Å²) in [5, 5.41) is 0. The lowest BCUT2D eigenvalue weighted by Crippen LogP contribution is -1.65. The summed E-state index contributed by atoms with van der Waals surface area (Å²) >= 11 is 1.52. The largest absolute Gasteiger partial charge is 0.201 e. The molecule has 58 valence electrons. The zero-order valence-corrected chi connectivity index (χ0v) is 7.56. The van der Waals surface area contributed by atoms with Crippen LogP contribution in [0.1, 0.15) is 18.7 Å². The molecule has 0 radical (unpaired) electrons. The number of aromatic nitrogens is 1. The van der Waals surface area contributed by atoms with E-state index in [4.69, 9.17) is 0 Å². The number of hydrogen-bond acceptors (Lipinski definition) is 2. The van der Waals surface area contributed by atoms with E-state index in [9.17, 15) is 0 Å². The molecule has 1 rings (SSSR count). The van der Waals surface area contributed by atoms with Gasteiger partial charge in [-0.2, -0.15) is 0 Å². The standard InChI is InChI=1S/C9H11NS/c1-3-4-8(2)7-9-5-6-10-11-9/h3-7H,1-2H3/b4-3-,8-7-. The van der Waals surface area contributed by atoms with Crippen molar-refractivity contribution in [1.29, 1.82) is 0 Å². The highest BCUT2D eigenvalue weighted by atomic mass is 32.1. The molecule has 0 atom stereocenters. The maximum absolute atomic E-state index is 4.01. The Bertz CT molecular complexity index is 257. The third kappa shape index (κ3) is 2.68. The highest BCUT2D eigenvalue weighted by Crippen LogP contribution is 2.10. The van der Waals surface area contributed by atoms with Crippen LogP contribution in [-0.4, -0.2) is 4.37 Å². The molecule has 11 heavy (non-hydrogen) atoms. The quantitative estimate of drug-likeness (QED) is 0.613. The van der Waals surface area contributed by atoms with E-state index in [0.717, 1.165) is 0 Å². The number of hydrogen-bond donors (Lipinski definition) is 0. The SMILES string of the molecule is C/C=C\C(C)=C/c1ccns1. The van der Waals surface area contributed by atoms with E-state index < -0.39 is 0 Å². The topological polar surface area (TPSA) is 12.9 Å². The molecule has 0 N–H and O–H groups in total. The molecule has 0 saturated carbocycles. The first-order valence-corrected chi connectivity index (χ1v) is 4.32. The molecule has 1 aromatic rings. The first-order valence-electron chi connectivity index (χ1n) is 3.54. The first-order chi connectivity index (χ1) is 5.33. The molecule has 0 fully saturated rings. The molecule has 1 nitrogen and oxygen atoms in total. The molecule has 1 heterocycles. The molecule has 2 heteroatoms. The van der Waals surface area contributed by atoms with Crippen LogP contribution in [0.4, 0.5) is 0 Å². The van der Waals surface area contributed by atoms with Gasteiger partial charge in [0.05, 0.1) is 0 Å². The van der Waals surface area contributed by atoms with Gasteiger partial charge in [-0.3, -0.25) is 0 Å². The lowest BCUT2D eigenvalue weighted by atomic mass is 10.2. The predicted molar refractivity (Wildman–Crippen MR) is 50.6 cm³/mol. The molecular formula is C9H11NS. The van der Waals surface area contributed by atoms with E-state index in [-0.39, 0.29) is 0 Å². The Labute approximate surface area is 71.2 Å². The van der Waals surface area contributed by atoms with E-state index in [1.165, 1.54) is 22.0 Å². The summed E-state index contributed by atoms with van der Waals surface area (Å²) in [4.78, 5) is 1.21. The van der Waals surface area contributed by atoms with Crippen molar-refractivity contribution in [3.8, 4) is 0 Å². The molecule has 0 unspecified atom stereocenters. The maximum Gasteiger partial charge on any atom is 0.0480 e. The van der Waals surface area contributed by atoms with Gasteiger partial charge < -0.3 is 0 Å². The van der Waals surface area contributed by atoms with Gasteiger partial charge in [0.25, 0.3) is 0 Å². The Morgan fingerprint density at radius 1 is 1.64 bits per heavy atom. The summed E-state index contributed by atoms with van der Waals surface area (Å²) < 4.78 is 4.01. The Balaban J connectivity index is 2.73. The fourth-order valence-electron chi connectivity index (χ4n) is 0.835. The fourth-order valence-corrected chi connectivity index (χ4v) is 1.44. The van der Waals surface area contributed by atoms with E-state index in [1.807, 2.05) is 25.3 Å². The minimum absolute atomic E-state index is 1.21. The molecule has 0 aliphatic carbocycles. The van der Waals surface area contributed by atoms with Gasteiger partial charge in [-0.25, -0.2) is 4.37 Å². The van der Waals surface area contributed by atoms with Crippen LogP contribution in [0.3, 0.4) is 0 Å². The summed E-state index contributed by atoms with van der Waals surface area (Å²) in [7, 11) is 0. The van der Waals surface area contributed by atoms with E-state index in [0.29, 0.717) is 0 Å². The van der Waals surface area contributed by atoms with Gasteiger partial charge in [0, 0.05) is 11.1 Å². The summed E-state index contributed by atoms with van der Waals surface area (Å²) in [6.45, 7) is 4.10. The van der Waals surface area contributed by atoms with E-state index in [1.54, 1.807) is 0 Å². The van der Waals surface area contributed by atoms with Crippen LogP contribution < -0.4 is 0 Å². The molecule has 0 bridgehead atoms. The highest BCUT2D eigenvalue weighted by Gasteiger charge is 1.87. The second kappa shape index (κ2) is 4.09. The average molecular weight is 165 g/mol. The van der Waals surface area contributed by atoms with Gasteiger partial charge in [-0.1, -0.05) is 17.7 Å². The van der Waals surface area contributed by atoms with Crippen LogP contribution >= 0.6 is 11.5 Å². The van der Waals surface area contributed by atoms with Crippen LogP contribution in [0.25, 0.3) is 6.08 Å². The monoisotopic (exact) mass is 165 g/mol. The van der Waals surface area contributed by atoms with Gasteiger partial charge in [-0.05, 0) is 37.5 Å². The van der Waals surface area contributed by atoms with Crippen molar-refractivity contribution >= 4 is 17.6 Å². The minimum Gasteiger partial charge on any atom is -0.201 e. The molecule has 0 saturated heterocycles. The second-order valence-electron chi connectivity index (χ2n) is 2.30. The van der Waals surface area contributed by atoms with Gasteiger partial charge in [0.15, 0.2) is 0 Å². The van der Waals surface area contributed by atoms with Gasteiger partial charge >= 0.3 is 0 Å². The van der Waals surface area contributed by atoms with Crippen molar-refractivity contribution in [3.63, 3.8) is 0 Å². The average Bonchev–Trinajstić information content (AvgIpc) is 2.40. The Morgan fingerprint density at radius 2 is 2.45 bits per heavy atom. The minimum atomic E-state index is 1.21. The van der Waals surface area contributed by atoms with Crippen LogP contribution in [-0.2, 0) is 0 Å². The van der Waals surface area contributed by atoms with Crippen LogP contribution in [0.5, 0.6) is 0 Å². The normalized spacial score (nSPS) is 12.7. The zero-order valence-electron chi connectivity index (χ0n) is 6.74. The Kier molecular flexibility index (Phi) is 3.05. The summed E-state index contributed by atoms with van der Waals surface area (Å²) in [6, 6.07) is 2.01. The summed E-state index contributed by atoms with van der Waals surface area (Å²) in [5.41, 5.74) is 1.26. The maximum atomic E-state index is 4.01. The summed E-state index contributed by atoms with van der Waals surface area (Å²) in [5.74, 6) is 0. The Hall–Kier alpha value is -0.890. The number of nitrogens with zero attached hydrogens (tertiary/aromatic N) is 1.